The topological polar surface area (TPSA) is 30.2 Å². The lowest BCUT2D eigenvalue weighted by molar-refractivity contribution is 0.279. The summed E-state index contributed by atoms with van der Waals surface area (Å²) in [7, 11) is 0. The van der Waals surface area contributed by atoms with Crippen molar-refractivity contribution in [2.75, 3.05) is 0 Å². The van der Waals surface area contributed by atoms with Crippen LogP contribution in [0.1, 0.15) is 46.7 Å². The van der Waals surface area contributed by atoms with Crippen LogP contribution in [0, 0.1) is 5.41 Å². The first kappa shape index (κ1) is 12.1. The van der Waals surface area contributed by atoms with Crippen molar-refractivity contribution in [2.24, 2.45) is 5.41 Å². The summed E-state index contributed by atoms with van der Waals surface area (Å²) >= 11 is 0. The molecule has 0 amide bonds. The zero-order valence-electron chi connectivity index (χ0n) is 11.4. The van der Waals surface area contributed by atoms with Gasteiger partial charge in [-0.2, -0.15) is 0 Å². The Bertz CT molecular complexity index is 517. The maximum absolute atomic E-state index is 4.42. The van der Waals surface area contributed by atoms with Gasteiger partial charge in [-0.25, -0.2) is 4.98 Å². The summed E-state index contributed by atoms with van der Waals surface area (Å²) < 4.78 is 2.14. The van der Waals surface area contributed by atoms with Gasteiger partial charge in [-0.1, -0.05) is 34.6 Å². The zero-order chi connectivity index (χ0) is 12.7. The fraction of sp³-hybridized carbons (Fsp3) is 0.571. The summed E-state index contributed by atoms with van der Waals surface area (Å²) in [6.45, 7) is 11.4. The Morgan fingerprint density at radius 2 is 1.82 bits per heavy atom. The van der Waals surface area contributed by atoms with Gasteiger partial charge in [0.25, 0.3) is 0 Å². The summed E-state index contributed by atoms with van der Waals surface area (Å²) in [6.07, 6.45) is 8.70. The summed E-state index contributed by atoms with van der Waals surface area (Å²) in [6, 6.07) is 0. The number of fused-ring (bicyclic) bond motifs is 1. The monoisotopic (exact) mass is 231 g/mol. The first-order valence-electron chi connectivity index (χ1n) is 6.07. The van der Waals surface area contributed by atoms with Crippen molar-refractivity contribution in [1.29, 1.82) is 0 Å². The van der Waals surface area contributed by atoms with E-state index < -0.39 is 0 Å². The van der Waals surface area contributed by atoms with Crippen LogP contribution in [0.3, 0.4) is 0 Å². The largest absolute Gasteiger partial charge is 0.301 e. The lowest BCUT2D eigenvalue weighted by Crippen LogP contribution is -2.26. The van der Waals surface area contributed by atoms with E-state index in [-0.39, 0.29) is 5.41 Å². The minimum Gasteiger partial charge on any atom is -0.301 e. The molecule has 2 rings (SSSR count). The van der Waals surface area contributed by atoms with E-state index >= 15 is 0 Å². The highest BCUT2D eigenvalue weighted by Gasteiger charge is 2.29. The van der Waals surface area contributed by atoms with E-state index in [0.29, 0.717) is 5.41 Å². The molecule has 0 aromatic carbocycles. The quantitative estimate of drug-likeness (QED) is 0.792. The van der Waals surface area contributed by atoms with Gasteiger partial charge < -0.3 is 4.40 Å². The highest BCUT2D eigenvalue weighted by Crippen LogP contribution is 2.36. The molecule has 0 bridgehead atoms. The summed E-state index contributed by atoms with van der Waals surface area (Å²) in [5.74, 6) is 0. The highest BCUT2D eigenvalue weighted by molar-refractivity contribution is 5.39. The van der Waals surface area contributed by atoms with Gasteiger partial charge >= 0.3 is 0 Å². The fourth-order valence-electron chi connectivity index (χ4n) is 2.76. The van der Waals surface area contributed by atoms with Gasteiger partial charge in [0.15, 0.2) is 5.65 Å². The van der Waals surface area contributed by atoms with Gasteiger partial charge in [-0.3, -0.25) is 4.98 Å². The molecule has 3 nitrogen and oxygen atoms in total. The number of hydrogen-bond donors (Lipinski definition) is 0. The normalized spacial score (nSPS) is 13.2. The lowest BCUT2D eigenvalue weighted by atomic mass is 9.74. The van der Waals surface area contributed by atoms with Crippen LogP contribution in [0.25, 0.3) is 5.65 Å². The second-order valence-corrected chi connectivity index (χ2v) is 6.57. The summed E-state index contributed by atoms with van der Waals surface area (Å²) in [5, 5.41) is 0. The van der Waals surface area contributed by atoms with Crippen molar-refractivity contribution in [3.8, 4) is 0 Å². The predicted molar refractivity (Wildman–Crippen MR) is 70.1 cm³/mol. The van der Waals surface area contributed by atoms with Crippen LogP contribution in [0.5, 0.6) is 0 Å². The average molecular weight is 231 g/mol. The molecule has 17 heavy (non-hydrogen) atoms. The molecule has 0 aliphatic carbocycles. The molecule has 0 aliphatic rings. The number of hydrogen-bond acceptors (Lipinski definition) is 2. The summed E-state index contributed by atoms with van der Waals surface area (Å²) in [5.41, 5.74) is 2.59. The first-order valence-corrected chi connectivity index (χ1v) is 6.07. The van der Waals surface area contributed by atoms with Gasteiger partial charge in [0.05, 0.1) is 6.20 Å². The van der Waals surface area contributed by atoms with Crippen LogP contribution >= 0.6 is 0 Å². The van der Waals surface area contributed by atoms with Crippen LogP contribution in [0.15, 0.2) is 24.8 Å². The van der Waals surface area contributed by atoms with E-state index in [1.54, 1.807) is 6.20 Å². The van der Waals surface area contributed by atoms with E-state index in [1.807, 2.05) is 18.6 Å². The van der Waals surface area contributed by atoms with E-state index in [9.17, 15) is 0 Å². The minimum atomic E-state index is 0.110. The third kappa shape index (κ3) is 2.48. The molecule has 0 saturated heterocycles. The molecule has 0 unspecified atom stereocenters. The van der Waals surface area contributed by atoms with Crippen LogP contribution in [-0.2, 0) is 5.41 Å². The molecule has 0 aliphatic heterocycles. The van der Waals surface area contributed by atoms with Crippen LogP contribution in [-0.4, -0.2) is 14.4 Å². The van der Waals surface area contributed by atoms with Gasteiger partial charge in [0.1, 0.15) is 0 Å². The van der Waals surface area contributed by atoms with Gasteiger partial charge in [0, 0.05) is 29.7 Å². The van der Waals surface area contributed by atoms with Crippen molar-refractivity contribution in [3.63, 3.8) is 0 Å². The van der Waals surface area contributed by atoms with Gasteiger partial charge in [0.2, 0.25) is 0 Å². The number of rotatable bonds is 2. The van der Waals surface area contributed by atoms with E-state index in [0.717, 1.165) is 12.1 Å². The second kappa shape index (κ2) is 3.83. The van der Waals surface area contributed by atoms with E-state index in [4.69, 9.17) is 0 Å². The number of nitrogens with zero attached hydrogens (tertiary/aromatic N) is 3. The van der Waals surface area contributed by atoms with Gasteiger partial charge in [-0.05, 0) is 11.8 Å². The van der Waals surface area contributed by atoms with Crippen molar-refractivity contribution in [2.45, 2.75) is 46.5 Å². The van der Waals surface area contributed by atoms with E-state index in [2.05, 4.69) is 49.0 Å². The second-order valence-electron chi connectivity index (χ2n) is 6.57. The van der Waals surface area contributed by atoms with Crippen LogP contribution in [0.2, 0.25) is 0 Å². The molecule has 2 aromatic rings. The lowest BCUT2D eigenvalue weighted by Gasteiger charge is -2.32. The molecule has 0 N–H and O–H groups in total. The van der Waals surface area contributed by atoms with Crippen molar-refractivity contribution >= 4 is 5.65 Å². The average Bonchev–Trinajstić information content (AvgIpc) is 2.57. The standard InChI is InChI=1S/C14H21N3/c1-13(2,3)10-14(4,5)11-8-16-12-9-15-6-7-17(11)12/h6-9H,10H2,1-5H3. The third-order valence-electron chi connectivity index (χ3n) is 2.98. The molecule has 92 valence electrons. The Labute approximate surface area is 103 Å². The molecule has 0 saturated carbocycles. The predicted octanol–water partition coefficient (Wildman–Crippen LogP) is 3.44. The maximum Gasteiger partial charge on any atom is 0.155 e. The Morgan fingerprint density at radius 3 is 2.47 bits per heavy atom. The third-order valence-corrected chi connectivity index (χ3v) is 2.98. The summed E-state index contributed by atoms with van der Waals surface area (Å²) in [4.78, 5) is 8.51. The van der Waals surface area contributed by atoms with Crippen molar-refractivity contribution in [3.05, 3.63) is 30.5 Å². The Kier molecular flexibility index (Phi) is 2.72. The minimum absolute atomic E-state index is 0.110. The molecule has 2 aromatic heterocycles. The smallest absolute Gasteiger partial charge is 0.155 e. The molecule has 0 spiro atoms. The van der Waals surface area contributed by atoms with Crippen molar-refractivity contribution < 1.29 is 0 Å². The van der Waals surface area contributed by atoms with Crippen LogP contribution in [0.4, 0.5) is 0 Å². The maximum atomic E-state index is 4.42. The van der Waals surface area contributed by atoms with E-state index in [1.165, 1.54) is 5.69 Å². The molecule has 0 atom stereocenters. The molecular formula is C14H21N3. The Morgan fingerprint density at radius 1 is 1.12 bits per heavy atom. The SMILES string of the molecule is CC(C)(C)CC(C)(C)c1cnc2cnccn12. The van der Waals surface area contributed by atoms with Crippen LogP contribution < -0.4 is 0 Å². The Balaban J connectivity index is 2.45. The zero-order valence-corrected chi connectivity index (χ0v) is 11.4. The molecule has 0 fully saturated rings. The molecule has 3 heteroatoms. The Hall–Kier alpha value is -1.38. The fourth-order valence-corrected chi connectivity index (χ4v) is 2.76. The number of aromatic nitrogens is 3. The first-order chi connectivity index (χ1) is 7.80. The van der Waals surface area contributed by atoms with Crippen molar-refractivity contribution in [1.82, 2.24) is 14.4 Å². The molecule has 0 radical (unpaired) electrons. The van der Waals surface area contributed by atoms with Gasteiger partial charge in [-0.15, -0.1) is 0 Å². The number of imidazole rings is 1. The highest BCUT2D eigenvalue weighted by atomic mass is 15.0. The molecular weight excluding hydrogens is 210 g/mol. The molecule has 2 heterocycles.